The van der Waals surface area contributed by atoms with E-state index in [1.807, 2.05) is 30.3 Å². The Kier molecular flexibility index (Phi) is 4.86. The number of sulfonamides is 1. The molecule has 1 aromatic heterocycles. The quantitative estimate of drug-likeness (QED) is 0.745. The fourth-order valence-corrected chi connectivity index (χ4v) is 3.23. The summed E-state index contributed by atoms with van der Waals surface area (Å²) in [4.78, 5) is 16.0. The van der Waals surface area contributed by atoms with Crippen molar-refractivity contribution in [2.75, 3.05) is 0 Å². The van der Waals surface area contributed by atoms with Crippen LogP contribution in [0.25, 0.3) is 0 Å². The molecule has 0 bridgehead atoms. The van der Waals surface area contributed by atoms with E-state index in [2.05, 4.69) is 10.1 Å². The van der Waals surface area contributed by atoms with Crippen LogP contribution in [-0.2, 0) is 28.3 Å². The maximum absolute atomic E-state index is 12.0. The van der Waals surface area contributed by atoms with Gasteiger partial charge in [0.25, 0.3) is 15.9 Å². The fraction of sp³-hybridized carbons (Fsp3) is 0.250. The highest BCUT2D eigenvalue weighted by molar-refractivity contribution is 7.91. The number of amides is 1. The smallest absolute Gasteiger partial charge is 0.267 e. The van der Waals surface area contributed by atoms with Crippen molar-refractivity contribution >= 4 is 27.3 Å². The van der Waals surface area contributed by atoms with Gasteiger partial charge in [0.1, 0.15) is 0 Å². The minimum Gasteiger partial charge on any atom is -0.320 e. The largest absolute Gasteiger partial charge is 0.320 e. The van der Waals surface area contributed by atoms with Crippen LogP contribution in [0.4, 0.5) is 0 Å². The maximum Gasteiger partial charge on any atom is 0.267 e. The molecule has 10 heteroatoms. The Morgan fingerprint density at radius 3 is 2.59 bits per heavy atom. The highest BCUT2D eigenvalue weighted by Crippen LogP contribution is 2.05. The summed E-state index contributed by atoms with van der Waals surface area (Å²) in [5.41, 5.74) is 6.74. The van der Waals surface area contributed by atoms with Gasteiger partial charge in [-0.05, 0) is 12.0 Å². The SMILES string of the molecule is Cn1nc(S(N)(=O)=O)sc1=NC(=O)[C@@H](N)Cc1ccccc1. The van der Waals surface area contributed by atoms with Crippen LogP contribution >= 0.6 is 11.3 Å². The predicted molar refractivity (Wildman–Crippen MR) is 81.1 cm³/mol. The van der Waals surface area contributed by atoms with E-state index in [0.29, 0.717) is 17.8 Å². The number of primary sulfonamides is 1. The van der Waals surface area contributed by atoms with Crippen LogP contribution in [0.1, 0.15) is 5.56 Å². The van der Waals surface area contributed by atoms with Gasteiger partial charge < -0.3 is 5.73 Å². The molecule has 0 saturated heterocycles. The second-order valence-electron chi connectivity index (χ2n) is 4.57. The Balaban J connectivity index is 2.22. The van der Waals surface area contributed by atoms with Gasteiger partial charge in [-0.3, -0.25) is 4.79 Å². The highest BCUT2D eigenvalue weighted by atomic mass is 32.2. The zero-order valence-corrected chi connectivity index (χ0v) is 13.3. The van der Waals surface area contributed by atoms with Gasteiger partial charge in [-0.1, -0.05) is 41.7 Å². The first-order valence-corrected chi connectivity index (χ1v) is 8.58. The number of hydrogen-bond donors (Lipinski definition) is 2. The van der Waals surface area contributed by atoms with Crippen molar-refractivity contribution in [1.82, 2.24) is 9.78 Å². The molecule has 2 aromatic rings. The molecule has 22 heavy (non-hydrogen) atoms. The molecule has 0 radical (unpaired) electrons. The number of benzene rings is 1. The van der Waals surface area contributed by atoms with Crippen LogP contribution in [0, 0.1) is 0 Å². The van der Waals surface area contributed by atoms with Gasteiger partial charge in [-0.25, -0.2) is 18.2 Å². The molecule has 1 atom stereocenters. The lowest BCUT2D eigenvalue weighted by Crippen LogP contribution is -2.33. The molecule has 0 aliphatic heterocycles. The first-order chi connectivity index (χ1) is 10.3. The Labute approximate surface area is 131 Å². The van der Waals surface area contributed by atoms with Crippen molar-refractivity contribution in [2.24, 2.45) is 22.9 Å². The number of hydrogen-bond acceptors (Lipinski definition) is 6. The molecule has 0 aliphatic rings. The van der Waals surface area contributed by atoms with Crippen molar-refractivity contribution in [3.8, 4) is 0 Å². The van der Waals surface area contributed by atoms with E-state index in [1.54, 1.807) is 0 Å². The first-order valence-electron chi connectivity index (χ1n) is 6.22. The Bertz CT molecular complexity index is 839. The summed E-state index contributed by atoms with van der Waals surface area (Å²) in [6, 6.07) is 8.48. The molecule has 118 valence electrons. The van der Waals surface area contributed by atoms with Gasteiger partial charge in [-0.15, -0.1) is 5.10 Å². The lowest BCUT2D eigenvalue weighted by Gasteiger charge is -2.06. The predicted octanol–water partition coefficient (Wildman–Crippen LogP) is -0.874. The molecular formula is C12H15N5O3S2. The molecule has 2 rings (SSSR count). The maximum atomic E-state index is 12.0. The number of carbonyl (C=O) groups excluding carboxylic acids is 1. The van der Waals surface area contributed by atoms with Crippen LogP contribution < -0.4 is 15.7 Å². The Morgan fingerprint density at radius 2 is 2.05 bits per heavy atom. The molecule has 0 spiro atoms. The minimum atomic E-state index is -3.93. The average molecular weight is 341 g/mol. The monoisotopic (exact) mass is 341 g/mol. The molecule has 1 heterocycles. The van der Waals surface area contributed by atoms with E-state index in [0.717, 1.165) is 5.56 Å². The second kappa shape index (κ2) is 6.48. The van der Waals surface area contributed by atoms with Crippen LogP contribution in [-0.4, -0.2) is 30.1 Å². The summed E-state index contributed by atoms with van der Waals surface area (Å²) < 4.78 is 23.3. The zero-order valence-electron chi connectivity index (χ0n) is 11.7. The van der Waals surface area contributed by atoms with Crippen LogP contribution in [0.15, 0.2) is 39.7 Å². The molecule has 0 saturated carbocycles. The van der Waals surface area contributed by atoms with Crippen molar-refractivity contribution < 1.29 is 13.2 Å². The van der Waals surface area contributed by atoms with Gasteiger partial charge in [0.2, 0.25) is 9.14 Å². The summed E-state index contributed by atoms with van der Waals surface area (Å²) in [5, 5.41) is 8.70. The van der Waals surface area contributed by atoms with E-state index < -0.39 is 22.0 Å². The van der Waals surface area contributed by atoms with E-state index in [1.165, 1.54) is 11.7 Å². The van der Waals surface area contributed by atoms with E-state index in [-0.39, 0.29) is 9.14 Å². The van der Waals surface area contributed by atoms with Crippen molar-refractivity contribution in [3.05, 3.63) is 40.7 Å². The Morgan fingerprint density at radius 1 is 1.41 bits per heavy atom. The molecule has 8 nitrogen and oxygen atoms in total. The standard InChI is InChI=1S/C12H15N5O3S2/c1-17-11(21-12(16-17)22(14,19)20)15-10(18)9(13)7-8-5-3-2-4-6-8/h2-6,9H,7,13H2,1H3,(H2,14,19,20)/t9-/m0/s1. The molecule has 1 aromatic carbocycles. The molecule has 0 fully saturated rings. The van der Waals surface area contributed by atoms with E-state index >= 15 is 0 Å². The van der Waals surface area contributed by atoms with Crippen molar-refractivity contribution in [3.63, 3.8) is 0 Å². The molecule has 1 amide bonds. The highest BCUT2D eigenvalue weighted by Gasteiger charge is 2.17. The third kappa shape index (κ3) is 4.07. The molecular weight excluding hydrogens is 326 g/mol. The van der Waals surface area contributed by atoms with Gasteiger partial charge in [0.15, 0.2) is 0 Å². The van der Waals surface area contributed by atoms with Gasteiger partial charge in [-0.2, -0.15) is 4.99 Å². The number of aryl methyl sites for hydroxylation is 1. The lowest BCUT2D eigenvalue weighted by atomic mass is 10.1. The summed E-state index contributed by atoms with van der Waals surface area (Å²) in [5.74, 6) is -0.552. The van der Waals surface area contributed by atoms with Gasteiger partial charge >= 0.3 is 0 Å². The number of carbonyl (C=O) groups is 1. The van der Waals surface area contributed by atoms with E-state index in [4.69, 9.17) is 10.9 Å². The lowest BCUT2D eigenvalue weighted by molar-refractivity contribution is -0.119. The third-order valence-corrected chi connectivity index (χ3v) is 5.06. The molecule has 4 N–H and O–H groups in total. The van der Waals surface area contributed by atoms with Crippen molar-refractivity contribution in [1.29, 1.82) is 0 Å². The summed E-state index contributed by atoms with van der Waals surface area (Å²) in [6.07, 6.45) is 0.341. The van der Waals surface area contributed by atoms with Crippen LogP contribution in [0.2, 0.25) is 0 Å². The summed E-state index contributed by atoms with van der Waals surface area (Å²) >= 11 is 0.714. The number of nitrogens with zero attached hydrogens (tertiary/aromatic N) is 3. The Hall–Kier alpha value is -1.88. The fourth-order valence-electron chi connectivity index (χ4n) is 1.67. The zero-order chi connectivity index (χ0) is 16.3. The number of rotatable bonds is 4. The average Bonchev–Trinajstić information content (AvgIpc) is 2.81. The first kappa shape index (κ1) is 16.5. The topological polar surface area (TPSA) is 133 Å². The van der Waals surface area contributed by atoms with Gasteiger partial charge in [0.05, 0.1) is 6.04 Å². The number of aromatic nitrogens is 2. The summed E-state index contributed by atoms with van der Waals surface area (Å²) in [6.45, 7) is 0. The molecule has 0 unspecified atom stereocenters. The third-order valence-electron chi connectivity index (χ3n) is 2.75. The minimum absolute atomic E-state index is 0.123. The van der Waals surface area contributed by atoms with Gasteiger partial charge in [0, 0.05) is 7.05 Å². The number of nitrogens with two attached hydrogens (primary N) is 2. The van der Waals surface area contributed by atoms with Crippen LogP contribution in [0.3, 0.4) is 0 Å². The van der Waals surface area contributed by atoms with Crippen LogP contribution in [0.5, 0.6) is 0 Å². The van der Waals surface area contributed by atoms with E-state index in [9.17, 15) is 13.2 Å². The second-order valence-corrected chi connectivity index (χ2v) is 7.26. The molecule has 0 aliphatic carbocycles. The van der Waals surface area contributed by atoms with Crippen molar-refractivity contribution in [2.45, 2.75) is 16.8 Å². The summed E-state index contributed by atoms with van der Waals surface area (Å²) in [7, 11) is -2.45. The normalized spacial score (nSPS) is 14.0.